The number of carbonyl (C=O) groups excluding carboxylic acids is 1. The second-order valence-corrected chi connectivity index (χ2v) is 5.78. The number of hydrogen-bond acceptors (Lipinski definition) is 4. The summed E-state index contributed by atoms with van der Waals surface area (Å²) in [5, 5.41) is 13.2. The molecule has 0 aliphatic heterocycles. The van der Waals surface area contributed by atoms with Gasteiger partial charge in [0.1, 0.15) is 0 Å². The monoisotopic (exact) mass is 316 g/mol. The van der Waals surface area contributed by atoms with Crippen LogP contribution in [0.2, 0.25) is 0 Å². The van der Waals surface area contributed by atoms with Gasteiger partial charge in [0, 0.05) is 18.8 Å². The first-order valence-corrected chi connectivity index (χ1v) is 7.80. The minimum absolute atomic E-state index is 0.193. The Bertz CT molecular complexity index is 727. The Labute approximate surface area is 133 Å². The summed E-state index contributed by atoms with van der Waals surface area (Å²) in [5.41, 5.74) is 0.945. The number of hydrogen-bond donors (Lipinski definition) is 2. The van der Waals surface area contributed by atoms with Crippen molar-refractivity contribution >= 4 is 11.7 Å². The van der Waals surface area contributed by atoms with Crippen LogP contribution in [0.15, 0.2) is 29.1 Å². The fourth-order valence-electron chi connectivity index (χ4n) is 2.76. The van der Waals surface area contributed by atoms with Gasteiger partial charge in [0.05, 0.1) is 5.69 Å². The summed E-state index contributed by atoms with van der Waals surface area (Å²) in [6.07, 6.45) is 5.69. The van der Waals surface area contributed by atoms with Crippen LogP contribution in [0, 0.1) is 0 Å². The first-order chi connectivity index (χ1) is 11.1. The first-order valence-electron chi connectivity index (χ1n) is 7.80. The largest absolute Gasteiger partial charge is 0.368 e. The lowest BCUT2D eigenvalue weighted by molar-refractivity contribution is 0.244. The Hall–Kier alpha value is -2.64. The van der Waals surface area contributed by atoms with Gasteiger partial charge >= 0.3 is 11.7 Å². The van der Waals surface area contributed by atoms with Crippen molar-refractivity contribution in [3.05, 3.63) is 34.7 Å². The highest BCUT2D eigenvalue weighted by Gasteiger charge is 2.15. The number of aromatic nitrogens is 4. The molecule has 2 N–H and O–H groups in total. The lowest BCUT2D eigenvalue weighted by atomic mass is 9.96. The second kappa shape index (κ2) is 6.64. The molecule has 8 nitrogen and oxygen atoms in total. The minimum Gasteiger partial charge on any atom is -0.335 e. The Morgan fingerprint density at radius 1 is 1.13 bits per heavy atom. The summed E-state index contributed by atoms with van der Waals surface area (Å²) in [7, 11) is 1.54. The topological polar surface area (TPSA) is 93.8 Å². The van der Waals surface area contributed by atoms with Gasteiger partial charge in [-0.2, -0.15) is 9.36 Å². The number of aryl methyl sites for hydroxylation is 1. The van der Waals surface area contributed by atoms with E-state index in [2.05, 4.69) is 21.1 Å². The molecule has 1 fully saturated rings. The van der Waals surface area contributed by atoms with Gasteiger partial charge in [0.15, 0.2) is 0 Å². The van der Waals surface area contributed by atoms with Crippen LogP contribution in [0.1, 0.15) is 32.1 Å². The van der Waals surface area contributed by atoms with Gasteiger partial charge in [0.2, 0.25) is 0 Å². The van der Waals surface area contributed by atoms with Crippen molar-refractivity contribution in [1.29, 1.82) is 0 Å². The standard InChI is InChI=1S/C15H20N6O2/c1-20-15(23)21(19-18-20)13-9-7-12(8-10-13)17-14(22)16-11-5-3-2-4-6-11/h7-11H,2-6H2,1H3,(H2,16,17,22). The molecule has 0 bridgehead atoms. The number of tetrazole rings is 1. The van der Waals surface area contributed by atoms with Crippen molar-refractivity contribution in [3.63, 3.8) is 0 Å². The third-order valence-electron chi connectivity index (χ3n) is 4.03. The zero-order valence-electron chi connectivity index (χ0n) is 13.0. The number of urea groups is 1. The maximum absolute atomic E-state index is 12.0. The van der Waals surface area contributed by atoms with E-state index in [1.54, 1.807) is 24.3 Å². The number of carbonyl (C=O) groups is 1. The third kappa shape index (κ3) is 3.58. The zero-order chi connectivity index (χ0) is 16.2. The molecule has 2 amide bonds. The zero-order valence-corrected chi connectivity index (χ0v) is 13.0. The molecule has 122 valence electrons. The molecule has 1 saturated carbocycles. The van der Waals surface area contributed by atoms with Crippen molar-refractivity contribution in [2.24, 2.45) is 7.05 Å². The van der Waals surface area contributed by atoms with E-state index in [0.717, 1.165) is 17.5 Å². The Morgan fingerprint density at radius 3 is 2.43 bits per heavy atom. The summed E-state index contributed by atoms with van der Waals surface area (Å²) >= 11 is 0. The molecule has 1 aliphatic rings. The predicted molar refractivity (Wildman–Crippen MR) is 85.6 cm³/mol. The molecule has 0 saturated heterocycles. The summed E-state index contributed by atoms with van der Waals surface area (Å²) in [6.45, 7) is 0. The van der Waals surface area contributed by atoms with Crippen molar-refractivity contribution < 1.29 is 4.79 Å². The van der Waals surface area contributed by atoms with E-state index < -0.39 is 0 Å². The second-order valence-electron chi connectivity index (χ2n) is 5.78. The highest BCUT2D eigenvalue weighted by Crippen LogP contribution is 2.17. The van der Waals surface area contributed by atoms with E-state index in [1.807, 2.05) is 0 Å². The normalized spacial score (nSPS) is 15.3. The summed E-state index contributed by atoms with van der Waals surface area (Å²) in [4.78, 5) is 23.8. The molecule has 23 heavy (non-hydrogen) atoms. The van der Waals surface area contributed by atoms with E-state index in [4.69, 9.17) is 0 Å². The third-order valence-corrected chi connectivity index (χ3v) is 4.03. The minimum atomic E-state index is -0.319. The van der Waals surface area contributed by atoms with E-state index in [1.165, 1.54) is 31.0 Å². The van der Waals surface area contributed by atoms with Gasteiger partial charge in [-0.1, -0.05) is 19.3 Å². The highest BCUT2D eigenvalue weighted by molar-refractivity contribution is 5.89. The molecule has 1 heterocycles. The van der Waals surface area contributed by atoms with E-state index in [0.29, 0.717) is 11.4 Å². The Kier molecular flexibility index (Phi) is 4.40. The molecular weight excluding hydrogens is 296 g/mol. The number of anilines is 1. The molecular formula is C15H20N6O2. The molecule has 1 aromatic carbocycles. The molecule has 1 aliphatic carbocycles. The quantitative estimate of drug-likeness (QED) is 0.895. The molecule has 2 aromatic rings. The van der Waals surface area contributed by atoms with E-state index in [9.17, 15) is 9.59 Å². The van der Waals surface area contributed by atoms with Gasteiger partial charge < -0.3 is 10.6 Å². The van der Waals surface area contributed by atoms with Crippen LogP contribution < -0.4 is 16.3 Å². The number of amides is 2. The van der Waals surface area contributed by atoms with Crippen molar-refractivity contribution in [1.82, 2.24) is 25.1 Å². The maximum atomic E-state index is 12.0. The molecule has 0 spiro atoms. The summed E-state index contributed by atoms with van der Waals surface area (Å²) in [5.74, 6) is 0. The average Bonchev–Trinajstić information content (AvgIpc) is 2.89. The van der Waals surface area contributed by atoms with Gasteiger partial charge in [-0.05, 0) is 47.5 Å². The van der Waals surface area contributed by atoms with Crippen LogP contribution in [0.5, 0.6) is 0 Å². The van der Waals surface area contributed by atoms with Crippen LogP contribution >= 0.6 is 0 Å². The Balaban J connectivity index is 1.62. The van der Waals surface area contributed by atoms with Gasteiger partial charge in [-0.3, -0.25) is 0 Å². The average molecular weight is 316 g/mol. The Morgan fingerprint density at radius 2 is 1.83 bits per heavy atom. The van der Waals surface area contributed by atoms with Gasteiger partial charge in [-0.15, -0.1) is 0 Å². The molecule has 0 unspecified atom stereocenters. The summed E-state index contributed by atoms with van der Waals surface area (Å²) < 4.78 is 2.36. The van der Waals surface area contributed by atoms with E-state index >= 15 is 0 Å². The first kappa shape index (κ1) is 15.3. The van der Waals surface area contributed by atoms with Crippen LogP contribution in [-0.4, -0.2) is 31.9 Å². The van der Waals surface area contributed by atoms with E-state index in [-0.39, 0.29) is 17.8 Å². The van der Waals surface area contributed by atoms with Crippen LogP contribution in [-0.2, 0) is 7.05 Å². The predicted octanol–water partition coefficient (Wildman–Crippen LogP) is 1.42. The molecule has 0 atom stereocenters. The van der Waals surface area contributed by atoms with Gasteiger partial charge in [0.25, 0.3) is 0 Å². The van der Waals surface area contributed by atoms with Crippen LogP contribution in [0.3, 0.4) is 0 Å². The SMILES string of the molecule is Cn1nnn(-c2ccc(NC(=O)NC3CCCCC3)cc2)c1=O. The smallest absolute Gasteiger partial charge is 0.335 e. The van der Waals surface area contributed by atoms with Crippen LogP contribution in [0.4, 0.5) is 10.5 Å². The van der Waals surface area contributed by atoms with Gasteiger partial charge in [-0.25, -0.2) is 9.59 Å². The lowest BCUT2D eigenvalue weighted by Gasteiger charge is -2.22. The van der Waals surface area contributed by atoms with Crippen molar-refractivity contribution in [2.75, 3.05) is 5.32 Å². The highest BCUT2D eigenvalue weighted by atomic mass is 16.2. The number of nitrogens with zero attached hydrogens (tertiary/aromatic N) is 4. The van der Waals surface area contributed by atoms with Crippen molar-refractivity contribution in [3.8, 4) is 5.69 Å². The number of rotatable bonds is 3. The van der Waals surface area contributed by atoms with Crippen LogP contribution in [0.25, 0.3) is 5.69 Å². The molecule has 0 radical (unpaired) electrons. The lowest BCUT2D eigenvalue weighted by Crippen LogP contribution is -2.39. The molecule has 8 heteroatoms. The van der Waals surface area contributed by atoms with Crippen molar-refractivity contribution in [2.45, 2.75) is 38.1 Å². The summed E-state index contributed by atoms with van der Waals surface area (Å²) in [6, 6.07) is 6.97. The number of benzene rings is 1. The fraction of sp³-hybridized carbons (Fsp3) is 0.467. The maximum Gasteiger partial charge on any atom is 0.368 e. The number of nitrogens with one attached hydrogen (secondary N) is 2. The fourth-order valence-corrected chi connectivity index (χ4v) is 2.76. The molecule has 1 aromatic heterocycles. The molecule has 3 rings (SSSR count).